The first-order chi connectivity index (χ1) is 8.20. The summed E-state index contributed by atoms with van der Waals surface area (Å²) < 4.78 is 5.79. The van der Waals surface area contributed by atoms with Gasteiger partial charge in [-0.1, -0.05) is 31.5 Å². The molecule has 0 aromatic heterocycles. The van der Waals surface area contributed by atoms with Gasteiger partial charge in [0, 0.05) is 16.1 Å². The van der Waals surface area contributed by atoms with Crippen molar-refractivity contribution in [1.82, 2.24) is 0 Å². The molecule has 2 rings (SSSR count). The molecule has 0 radical (unpaired) electrons. The Kier molecular flexibility index (Phi) is 3.42. The maximum Gasteiger partial charge on any atom is 0.229 e. The van der Waals surface area contributed by atoms with E-state index in [2.05, 4.69) is 6.92 Å². The van der Waals surface area contributed by atoms with Crippen LogP contribution in [0.25, 0.3) is 5.57 Å². The Morgan fingerprint density at radius 2 is 2.18 bits per heavy atom. The van der Waals surface area contributed by atoms with Gasteiger partial charge in [0.15, 0.2) is 0 Å². The SMILES string of the molecule is CCCC1C=C(C[N+](=O)[O-])c2ccccc2O1. The number of rotatable bonds is 4. The van der Waals surface area contributed by atoms with Gasteiger partial charge in [-0.15, -0.1) is 0 Å². The number of hydrogen-bond donors (Lipinski definition) is 0. The molecule has 1 atom stereocenters. The molecule has 0 spiro atoms. The lowest BCUT2D eigenvalue weighted by Gasteiger charge is -2.23. The van der Waals surface area contributed by atoms with Crippen LogP contribution in [0.4, 0.5) is 0 Å². The molecule has 1 aromatic rings. The topological polar surface area (TPSA) is 52.4 Å². The summed E-state index contributed by atoms with van der Waals surface area (Å²) in [6, 6.07) is 7.49. The van der Waals surface area contributed by atoms with Crippen molar-refractivity contribution in [3.05, 3.63) is 46.0 Å². The van der Waals surface area contributed by atoms with Crippen molar-refractivity contribution in [2.24, 2.45) is 0 Å². The molecule has 0 saturated carbocycles. The van der Waals surface area contributed by atoms with Gasteiger partial charge in [0.05, 0.1) is 0 Å². The van der Waals surface area contributed by atoms with Crippen molar-refractivity contribution >= 4 is 5.57 Å². The van der Waals surface area contributed by atoms with Crippen LogP contribution in [-0.2, 0) is 0 Å². The molecule has 0 fully saturated rings. The number of para-hydroxylation sites is 1. The zero-order chi connectivity index (χ0) is 12.3. The fraction of sp³-hybridized carbons (Fsp3) is 0.385. The summed E-state index contributed by atoms with van der Waals surface area (Å²) >= 11 is 0. The first-order valence-electron chi connectivity index (χ1n) is 5.79. The van der Waals surface area contributed by atoms with Crippen molar-refractivity contribution < 1.29 is 9.66 Å². The summed E-state index contributed by atoms with van der Waals surface area (Å²) in [5, 5.41) is 10.7. The predicted octanol–water partition coefficient (Wildman–Crippen LogP) is 2.91. The van der Waals surface area contributed by atoms with Gasteiger partial charge < -0.3 is 4.74 Å². The molecule has 1 aliphatic rings. The van der Waals surface area contributed by atoms with Crippen LogP contribution in [0.2, 0.25) is 0 Å². The van der Waals surface area contributed by atoms with E-state index in [0.29, 0.717) is 0 Å². The lowest BCUT2D eigenvalue weighted by Crippen LogP contribution is -2.20. The molecule has 0 N–H and O–H groups in total. The van der Waals surface area contributed by atoms with E-state index in [1.165, 1.54) is 0 Å². The second kappa shape index (κ2) is 4.99. The van der Waals surface area contributed by atoms with E-state index in [9.17, 15) is 10.1 Å². The highest BCUT2D eigenvalue weighted by Crippen LogP contribution is 2.32. The maximum atomic E-state index is 10.7. The Bertz CT molecular complexity index is 454. The summed E-state index contributed by atoms with van der Waals surface area (Å²) in [5.41, 5.74) is 1.60. The van der Waals surface area contributed by atoms with Gasteiger partial charge in [-0.2, -0.15) is 0 Å². The van der Waals surface area contributed by atoms with Crippen LogP contribution in [0.5, 0.6) is 5.75 Å². The van der Waals surface area contributed by atoms with Gasteiger partial charge in [-0.25, -0.2) is 0 Å². The van der Waals surface area contributed by atoms with E-state index < -0.39 is 0 Å². The molecule has 1 aliphatic heterocycles. The zero-order valence-electron chi connectivity index (χ0n) is 9.76. The Labute approximate surface area is 100 Å². The molecule has 4 heteroatoms. The van der Waals surface area contributed by atoms with Gasteiger partial charge in [-0.3, -0.25) is 10.1 Å². The number of nitro groups is 1. The minimum atomic E-state index is -0.295. The molecular weight excluding hydrogens is 218 g/mol. The molecule has 0 amide bonds. The highest BCUT2D eigenvalue weighted by atomic mass is 16.6. The number of ether oxygens (including phenoxy) is 1. The standard InChI is InChI=1S/C13H15NO3/c1-2-5-11-8-10(9-14(15)16)12-6-3-4-7-13(12)17-11/h3-4,6-8,11H,2,5,9H2,1H3. The van der Waals surface area contributed by atoms with E-state index in [1.54, 1.807) is 0 Å². The molecule has 90 valence electrons. The highest BCUT2D eigenvalue weighted by molar-refractivity contribution is 5.73. The third-order valence-electron chi connectivity index (χ3n) is 2.77. The van der Waals surface area contributed by atoms with Gasteiger partial charge in [0.2, 0.25) is 6.54 Å². The predicted molar refractivity (Wildman–Crippen MR) is 65.6 cm³/mol. The second-order valence-corrected chi connectivity index (χ2v) is 4.12. The van der Waals surface area contributed by atoms with Crippen LogP contribution in [0, 0.1) is 10.1 Å². The zero-order valence-corrected chi connectivity index (χ0v) is 9.76. The van der Waals surface area contributed by atoms with Gasteiger partial charge in [0.25, 0.3) is 0 Å². The first-order valence-corrected chi connectivity index (χ1v) is 5.79. The monoisotopic (exact) mass is 233 g/mol. The highest BCUT2D eigenvalue weighted by Gasteiger charge is 2.22. The van der Waals surface area contributed by atoms with E-state index >= 15 is 0 Å². The largest absolute Gasteiger partial charge is 0.486 e. The summed E-state index contributed by atoms with van der Waals surface area (Å²) in [6.07, 6.45) is 3.73. The van der Waals surface area contributed by atoms with Gasteiger partial charge >= 0.3 is 0 Å². The van der Waals surface area contributed by atoms with Crippen LogP contribution in [-0.4, -0.2) is 17.6 Å². The van der Waals surface area contributed by atoms with Crippen molar-refractivity contribution in [2.45, 2.75) is 25.9 Å². The Balaban J connectivity index is 2.32. The molecule has 4 nitrogen and oxygen atoms in total. The molecule has 1 aromatic carbocycles. The van der Waals surface area contributed by atoms with E-state index in [4.69, 9.17) is 4.74 Å². The molecule has 0 bridgehead atoms. The Hall–Kier alpha value is -1.84. The van der Waals surface area contributed by atoms with Crippen LogP contribution >= 0.6 is 0 Å². The Morgan fingerprint density at radius 1 is 1.41 bits per heavy atom. The van der Waals surface area contributed by atoms with Gasteiger partial charge in [0.1, 0.15) is 11.9 Å². The van der Waals surface area contributed by atoms with Crippen molar-refractivity contribution in [2.75, 3.05) is 6.54 Å². The van der Waals surface area contributed by atoms with E-state index in [1.807, 2.05) is 30.3 Å². The van der Waals surface area contributed by atoms with Crippen molar-refractivity contribution in [3.63, 3.8) is 0 Å². The van der Waals surface area contributed by atoms with E-state index in [0.717, 1.165) is 29.7 Å². The Morgan fingerprint density at radius 3 is 2.88 bits per heavy atom. The molecule has 17 heavy (non-hydrogen) atoms. The van der Waals surface area contributed by atoms with Crippen molar-refractivity contribution in [3.8, 4) is 5.75 Å². The first kappa shape index (κ1) is 11.6. The minimum Gasteiger partial charge on any atom is -0.486 e. The number of nitrogens with zero attached hydrogens (tertiary/aromatic N) is 1. The normalized spacial score (nSPS) is 17.9. The third kappa shape index (κ3) is 2.64. The average Bonchev–Trinajstić information content (AvgIpc) is 2.29. The van der Waals surface area contributed by atoms with Gasteiger partial charge in [-0.05, 0) is 18.6 Å². The van der Waals surface area contributed by atoms with E-state index in [-0.39, 0.29) is 17.6 Å². The van der Waals surface area contributed by atoms with Crippen LogP contribution in [0.1, 0.15) is 25.3 Å². The lowest BCUT2D eigenvalue weighted by molar-refractivity contribution is -0.465. The fourth-order valence-electron chi connectivity index (χ4n) is 2.05. The van der Waals surface area contributed by atoms with Crippen LogP contribution < -0.4 is 4.74 Å². The quantitative estimate of drug-likeness (QED) is 0.593. The number of fused-ring (bicyclic) bond motifs is 1. The molecule has 0 aliphatic carbocycles. The molecule has 1 heterocycles. The minimum absolute atomic E-state index is 0.0372. The van der Waals surface area contributed by atoms with Crippen LogP contribution in [0.15, 0.2) is 30.3 Å². The summed E-state index contributed by atoms with van der Waals surface area (Å²) in [6.45, 7) is 1.94. The number of hydrogen-bond acceptors (Lipinski definition) is 3. The fourth-order valence-corrected chi connectivity index (χ4v) is 2.05. The maximum absolute atomic E-state index is 10.7. The summed E-state index contributed by atoms with van der Waals surface area (Å²) in [4.78, 5) is 10.4. The molecule has 1 unspecified atom stereocenters. The second-order valence-electron chi connectivity index (χ2n) is 4.12. The van der Waals surface area contributed by atoms with Crippen LogP contribution in [0.3, 0.4) is 0 Å². The molecule has 0 saturated heterocycles. The molecular formula is C13H15NO3. The summed E-state index contributed by atoms with van der Waals surface area (Å²) in [7, 11) is 0. The number of benzene rings is 1. The average molecular weight is 233 g/mol. The summed E-state index contributed by atoms with van der Waals surface area (Å²) in [5.74, 6) is 0.755. The lowest BCUT2D eigenvalue weighted by atomic mass is 9.99. The van der Waals surface area contributed by atoms with Crippen molar-refractivity contribution in [1.29, 1.82) is 0 Å². The third-order valence-corrected chi connectivity index (χ3v) is 2.77. The smallest absolute Gasteiger partial charge is 0.229 e.